The molecule has 2 aromatic carbocycles. The van der Waals surface area contributed by atoms with E-state index >= 15 is 0 Å². The van der Waals surface area contributed by atoms with Crippen LogP contribution in [0.2, 0.25) is 0 Å². The Morgan fingerprint density at radius 1 is 1.11 bits per heavy atom. The van der Waals surface area contributed by atoms with Crippen molar-refractivity contribution >= 4 is 15.9 Å². The van der Waals surface area contributed by atoms with Crippen LogP contribution < -0.4 is 5.32 Å². The van der Waals surface area contributed by atoms with Crippen LogP contribution in [-0.4, -0.2) is 6.54 Å². The maximum Gasteiger partial charge on any atom is 0.137 e. The summed E-state index contributed by atoms with van der Waals surface area (Å²) < 4.78 is 27.6. The molecule has 1 atom stereocenters. The molecule has 1 N–H and O–H groups in total. The van der Waals surface area contributed by atoms with Crippen LogP contribution in [0.3, 0.4) is 0 Å². The fourth-order valence-corrected chi connectivity index (χ4v) is 2.41. The molecule has 0 radical (unpaired) electrons. The van der Waals surface area contributed by atoms with E-state index in [2.05, 4.69) is 21.2 Å². The monoisotopic (exact) mass is 325 g/mol. The Kier molecular flexibility index (Phi) is 4.66. The smallest absolute Gasteiger partial charge is 0.137 e. The lowest BCUT2D eigenvalue weighted by atomic mass is 9.98. The third-order valence-electron chi connectivity index (χ3n) is 2.90. The van der Waals surface area contributed by atoms with E-state index < -0.39 is 0 Å². The lowest BCUT2D eigenvalue weighted by Crippen LogP contribution is -2.23. The summed E-state index contributed by atoms with van der Waals surface area (Å²) in [7, 11) is 0. The summed E-state index contributed by atoms with van der Waals surface area (Å²) in [6.07, 6.45) is 0. The van der Waals surface area contributed by atoms with Gasteiger partial charge in [-0.2, -0.15) is 0 Å². The van der Waals surface area contributed by atoms with Crippen LogP contribution in [0.25, 0.3) is 0 Å². The van der Waals surface area contributed by atoms with Crippen molar-refractivity contribution in [1.29, 1.82) is 0 Å². The molecule has 4 heteroatoms. The number of rotatable bonds is 4. The fraction of sp³-hybridized carbons (Fsp3) is 0.200. The number of halogens is 3. The van der Waals surface area contributed by atoms with Gasteiger partial charge in [0.2, 0.25) is 0 Å². The highest BCUT2D eigenvalue weighted by molar-refractivity contribution is 9.10. The summed E-state index contributed by atoms with van der Waals surface area (Å²) in [6, 6.07) is 11.0. The van der Waals surface area contributed by atoms with E-state index in [1.54, 1.807) is 30.3 Å². The zero-order chi connectivity index (χ0) is 13.8. The van der Waals surface area contributed by atoms with Crippen molar-refractivity contribution in [3.63, 3.8) is 0 Å². The minimum atomic E-state index is -0.326. The highest BCUT2D eigenvalue weighted by Crippen LogP contribution is 2.27. The predicted octanol–water partition coefficient (Wildman–Crippen LogP) is 4.43. The molecular weight excluding hydrogens is 312 g/mol. The van der Waals surface area contributed by atoms with Crippen molar-refractivity contribution in [2.75, 3.05) is 6.54 Å². The number of benzene rings is 2. The zero-order valence-electron chi connectivity index (χ0n) is 10.5. The summed E-state index contributed by atoms with van der Waals surface area (Å²) in [5.41, 5.74) is 1.38. The Bertz CT molecular complexity index is 572. The van der Waals surface area contributed by atoms with Crippen molar-refractivity contribution < 1.29 is 8.78 Å². The van der Waals surface area contributed by atoms with Gasteiger partial charge >= 0.3 is 0 Å². The van der Waals surface area contributed by atoms with Crippen LogP contribution in [0.5, 0.6) is 0 Å². The molecule has 0 saturated carbocycles. The Hall–Kier alpha value is -1.26. The van der Waals surface area contributed by atoms with Gasteiger partial charge in [0.25, 0.3) is 0 Å². The molecule has 0 aromatic heterocycles. The van der Waals surface area contributed by atoms with Crippen molar-refractivity contribution in [1.82, 2.24) is 5.32 Å². The van der Waals surface area contributed by atoms with Crippen LogP contribution in [0, 0.1) is 11.6 Å². The van der Waals surface area contributed by atoms with Gasteiger partial charge in [-0.1, -0.05) is 31.2 Å². The Labute approximate surface area is 119 Å². The van der Waals surface area contributed by atoms with Gasteiger partial charge in [-0.3, -0.25) is 0 Å². The average molecular weight is 326 g/mol. The topological polar surface area (TPSA) is 12.0 Å². The maximum atomic E-state index is 13.9. The van der Waals surface area contributed by atoms with Gasteiger partial charge in [0, 0.05) is 5.56 Å². The highest BCUT2D eigenvalue weighted by Gasteiger charge is 2.17. The third kappa shape index (κ3) is 3.19. The normalized spacial score (nSPS) is 12.4. The number of hydrogen-bond acceptors (Lipinski definition) is 1. The third-order valence-corrected chi connectivity index (χ3v) is 3.51. The van der Waals surface area contributed by atoms with Crippen molar-refractivity contribution in [2.45, 2.75) is 13.0 Å². The SMILES string of the molecule is CCNC(c1ccc(F)c(Br)c1)c1ccccc1F. The second-order valence-corrected chi connectivity index (χ2v) is 5.04. The van der Waals surface area contributed by atoms with E-state index in [-0.39, 0.29) is 17.7 Å². The van der Waals surface area contributed by atoms with Crippen LogP contribution in [0.15, 0.2) is 46.9 Å². The first-order chi connectivity index (χ1) is 9.13. The molecule has 0 spiro atoms. The molecule has 2 aromatic rings. The molecule has 0 fully saturated rings. The maximum absolute atomic E-state index is 13.9. The quantitative estimate of drug-likeness (QED) is 0.877. The molecule has 2 rings (SSSR count). The molecular formula is C15H14BrF2N. The summed E-state index contributed by atoms with van der Waals surface area (Å²) in [5, 5.41) is 3.22. The number of nitrogens with one attached hydrogen (secondary N) is 1. The van der Waals surface area contributed by atoms with Gasteiger partial charge < -0.3 is 5.32 Å². The Balaban J connectivity index is 2.45. The first kappa shape index (κ1) is 14.2. The fourth-order valence-electron chi connectivity index (χ4n) is 2.01. The van der Waals surface area contributed by atoms with E-state index in [0.717, 1.165) is 5.56 Å². The first-order valence-electron chi connectivity index (χ1n) is 6.06. The van der Waals surface area contributed by atoms with Crippen molar-refractivity contribution in [2.24, 2.45) is 0 Å². The van der Waals surface area contributed by atoms with Gasteiger partial charge in [-0.05, 0) is 46.2 Å². The van der Waals surface area contributed by atoms with Crippen LogP contribution in [-0.2, 0) is 0 Å². The largest absolute Gasteiger partial charge is 0.306 e. The van der Waals surface area contributed by atoms with Gasteiger partial charge in [0.15, 0.2) is 0 Å². The molecule has 19 heavy (non-hydrogen) atoms. The van der Waals surface area contributed by atoms with Crippen LogP contribution in [0.4, 0.5) is 8.78 Å². The van der Waals surface area contributed by atoms with Gasteiger partial charge in [0.05, 0.1) is 10.5 Å². The van der Waals surface area contributed by atoms with E-state index in [0.29, 0.717) is 16.6 Å². The zero-order valence-corrected chi connectivity index (χ0v) is 12.0. The van der Waals surface area contributed by atoms with Crippen molar-refractivity contribution in [3.05, 3.63) is 69.7 Å². The van der Waals surface area contributed by atoms with Crippen LogP contribution >= 0.6 is 15.9 Å². The molecule has 0 bridgehead atoms. The average Bonchev–Trinajstić information content (AvgIpc) is 2.40. The summed E-state index contributed by atoms with van der Waals surface area (Å²) >= 11 is 3.16. The van der Waals surface area contributed by atoms with E-state index in [1.807, 2.05) is 6.92 Å². The minimum absolute atomic E-state index is 0.270. The molecule has 0 aliphatic carbocycles. The Morgan fingerprint density at radius 2 is 1.84 bits per heavy atom. The lowest BCUT2D eigenvalue weighted by Gasteiger charge is -2.20. The molecule has 0 amide bonds. The summed E-state index contributed by atoms with van der Waals surface area (Å²) in [4.78, 5) is 0. The summed E-state index contributed by atoms with van der Waals surface area (Å²) in [6.45, 7) is 2.64. The standard InChI is InChI=1S/C15H14BrF2N/c1-2-19-15(11-5-3-4-6-13(11)17)10-7-8-14(18)12(16)9-10/h3-9,15,19H,2H2,1H3. The van der Waals surface area contributed by atoms with E-state index in [9.17, 15) is 8.78 Å². The van der Waals surface area contributed by atoms with E-state index in [4.69, 9.17) is 0 Å². The summed E-state index contributed by atoms with van der Waals surface area (Å²) in [5.74, 6) is -0.596. The second-order valence-electron chi connectivity index (χ2n) is 4.19. The van der Waals surface area contributed by atoms with E-state index in [1.165, 1.54) is 12.1 Å². The highest BCUT2D eigenvalue weighted by atomic mass is 79.9. The lowest BCUT2D eigenvalue weighted by molar-refractivity contribution is 0.557. The molecule has 1 nitrogen and oxygen atoms in total. The molecule has 1 unspecified atom stereocenters. The predicted molar refractivity (Wildman–Crippen MR) is 76.0 cm³/mol. The Morgan fingerprint density at radius 3 is 2.47 bits per heavy atom. The van der Waals surface area contributed by atoms with Gasteiger partial charge in [0.1, 0.15) is 11.6 Å². The number of hydrogen-bond donors (Lipinski definition) is 1. The molecule has 0 saturated heterocycles. The molecule has 100 valence electrons. The molecule has 0 aliphatic rings. The molecule has 0 aliphatic heterocycles. The molecule has 0 heterocycles. The van der Waals surface area contributed by atoms with Crippen molar-refractivity contribution in [3.8, 4) is 0 Å². The minimum Gasteiger partial charge on any atom is -0.306 e. The van der Waals surface area contributed by atoms with Gasteiger partial charge in [-0.15, -0.1) is 0 Å². The van der Waals surface area contributed by atoms with Crippen LogP contribution in [0.1, 0.15) is 24.1 Å². The van der Waals surface area contributed by atoms with Gasteiger partial charge in [-0.25, -0.2) is 8.78 Å². The first-order valence-corrected chi connectivity index (χ1v) is 6.85. The second kappa shape index (κ2) is 6.26.